The van der Waals surface area contributed by atoms with Crippen LogP contribution in [0.3, 0.4) is 0 Å². The van der Waals surface area contributed by atoms with Gasteiger partial charge in [-0.2, -0.15) is 0 Å². The summed E-state index contributed by atoms with van der Waals surface area (Å²) >= 11 is 0. The zero-order chi connectivity index (χ0) is 50.7. The molecule has 6 N–H and O–H groups in total. The van der Waals surface area contributed by atoms with Gasteiger partial charge in [0, 0.05) is 6.42 Å². The van der Waals surface area contributed by atoms with E-state index < -0.39 is 153 Å². The fraction of sp³-hybridized carbons (Fsp3) is 0.939. The van der Waals surface area contributed by atoms with Gasteiger partial charge in [-0.1, -0.05) is 92.4 Å². The fourth-order valence-corrected chi connectivity index (χ4v) is 9.31. The van der Waals surface area contributed by atoms with Gasteiger partial charge in [0.25, 0.3) is 0 Å². The molecule has 0 aliphatic carbocycles. The molecule has 0 amide bonds. The second kappa shape index (κ2) is 27.2. The number of unbranched alkanes of at least 4 members (excludes halogenated alkanes) is 2. The maximum absolute atomic E-state index is 13.6. The summed E-state index contributed by atoms with van der Waals surface area (Å²) in [4.78, 5) is 39.5. The molecule has 0 saturated carbocycles. The summed E-state index contributed by atoms with van der Waals surface area (Å²) in [5, 5.41) is 69.1. The van der Waals surface area contributed by atoms with Crippen LogP contribution < -0.4 is 0 Å². The lowest BCUT2D eigenvalue weighted by molar-refractivity contribution is -0.397. The molecule has 0 unspecified atom stereocenters. The van der Waals surface area contributed by atoms with E-state index in [-0.39, 0.29) is 12.5 Å². The number of ether oxygens (including phenoxy) is 11. The molecule has 5 fully saturated rings. The van der Waals surface area contributed by atoms with E-state index in [1.54, 1.807) is 34.6 Å². The summed E-state index contributed by atoms with van der Waals surface area (Å²) in [6, 6.07) is 0. The molecule has 5 aliphatic rings. The lowest BCUT2D eigenvalue weighted by atomic mass is 9.95. The van der Waals surface area contributed by atoms with Crippen LogP contribution in [-0.2, 0) is 66.5 Å². The van der Waals surface area contributed by atoms with Gasteiger partial charge < -0.3 is 82.7 Å². The Labute approximate surface area is 407 Å². The smallest absolute Gasteiger partial charge is 0.309 e. The Bertz CT molecular complexity index is 1570. The minimum absolute atomic E-state index is 0.0286. The van der Waals surface area contributed by atoms with Crippen LogP contribution in [0.2, 0.25) is 0 Å². The Balaban J connectivity index is 1.48. The van der Waals surface area contributed by atoms with Gasteiger partial charge in [-0.15, -0.1) is 0 Å². The highest BCUT2D eigenvalue weighted by Gasteiger charge is 2.57. The van der Waals surface area contributed by atoms with Crippen molar-refractivity contribution in [2.45, 2.75) is 281 Å². The molecule has 0 radical (unpaired) electrons. The molecular formula is C49H84O20. The van der Waals surface area contributed by atoms with Crippen LogP contribution in [0.25, 0.3) is 0 Å². The normalized spacial score (nSPS) is 42.7. The highest BCUT2D eigenvalue weighted by atomic mass is 16.8. The largest absolute Gasteiger partial charge is 0.457 e. The molecule has 2 bridgehead atoms. The zero-order valence-electron chi connectivity index (χ0n) is 42.1. The molecule has 0 aromatic rings. The quantitative estimate of drug-likeness (QED) is 0.0878. The number of carbonyl (C=O) groups is 3. The number of esters is 3. The number of rotatable bonds is 13. The van der Waals surface area contributed by atoms with Crippen LogP contribution in [0.15, 0.2) is 0 Å². The average Bonchev–Trinajstić information content (AvgIpc) is 3.31. The lowest BCUT2D eigenvalue weighted by Gasteiger charge is -2.50. The summed E-state index contributed by atoms with van der Waals surface area (Å²) in [5.41, 5.74) is 0. The van der Waals surface area contributed by atoms with Crippen molar-refractivity contribution in [2.24, 2.45) is 11.8 Å². The number of aliphatic hydroxyl groups excluding tert-OH is 6. The van der Waals surface area contributed by atoms with E-state index in [1.807, 2.05) is 0 Å². The third-order valence-electron chi connectivity index (χ3n) is 14.1. The number of carbonyl (C=O) groups excluding carboxylic acids is 3. The molecule has 69 heavy (non-hydrogen) atoms. The van der Waals surface area contributed by atoms with Crippen LogP contribution in [-0.4, -0.2) is 177 Å². The monoisotopic (exact) mass is 993 g/mol. The van der Waals surface area contributed by atoms with E-state index in [9.17, 15) is 45.0 Å². The van der Waals surface area contributed by atoms with Gasteiger partial charge in [0.05, 0.1) is 42.4 Å². The van der Waals surface area contributed by atoms with Crippen molar-refractivity contribution in [3.05, 3.63) is 0 Å². The second-order valence-electron chi connectivity index (χ2n) is 20.1. The molecule has 0 aromatic carbocycles. The maximum Gasteiger partial charge on any atom is 0.309 e. The van der Waals surface area contributed by atoms with E-state index in [2.05, 4.69) is 6.92 Å². The first-order chi connectivity index (χ1) is 32.8. The molecule has 0 spiro atoms. The Morgan fingerprint density at radius 2 is 1.14 bits per heavy atom. The van der Waals surface area contributed by atoms with Crippen molar-refractivity contribution < 1.29 is 97.1 Å². The predicted molar refractivity (Wildman–Crippen MR) is 243 cm³/mol. The molecule has 5 saturated heterocycles. The predicted octanol–water partition coefficient (Wildman–Crippen LogP) is 3.21. The minimum Gasteiger partial charge on any atom is -0.457 e. The fourth-order valence-electron chi connectivity index (χ4n) is 9.31. The van der Waals surface area contributed by atoms with Gasteiger partial charge >= 0.3 is 17.9 Å². The highest BCUT2D eigenvalue weighted by molar-refractivity contribution is 5.72. The van der Waals surface area contributed by atoms with E-state index in [0.717, 1.165) is 70.6 Å². The maximum atomic E-state index is 13.6. The van der Waals surface area contributed by atoms with Crippen LogP contribution in [0.1, 0.15) is 152 Å². The topological polar surface area (TPSA) is 274 Å². The van der Waals surface area contributed by atoms with Crippen molar-refractivity contribution in [3.63, 3.8) is 0 Å². The Hall–Kier alpha value is -2.15. The molecule has 5 rings (SSSR count). The molecule has 20 heteroatoms. The second-order valence-corrected chi connectivity index (χ2v) is 20.1. The molecule has 400 valence electrons. The Kier molecular flexibility index (Phi) is 22.8. The standard InChI is InChI=1S/C49H84O20/c1-10-12-18-21-30-22-19-16-14-13-15-17-20-23-31(50)64-40-33(52)27(7)60-49(68-42-34(53)32(51)26(6)59-48(42)63-30)43(40)69-47-37(56)41(66-45(58)25(5)11-2)39(29(9)62-47)67-46-36(55)35(54)38(28(8)61-46)65-44(57)24(3)4/h24-30,32-43,46-49,51-56H,10-23H2,1-9H3/t25-,26-,27+,28+,29+,30-,32-,33-,34+,35+,36+,37+,38+,39+,40+,41+,42-,43+,46-,47-,48+,49-/m1/s1. The molecule has 5 heterocycles. The first-order valence-electron chi connectivity index (χ1n) is 25.7. The first-order valence-corrected chi connectivity index (χ1v) is 25.7. The SMILES string of the molecule is CCCCC[C@@H]1CCCCCCCCCC(=O)O[C@H]2[C@H](O)[C@H](C)O[C@H](O[C@H]3[C@H](O1)O[C@H](C)[C@@H](O)[C@@H]3O)[C@H]2O[C@H]1O[C@@H](C)[C@H](O[C@H]2O[C@@H](C)[C@H](OC(=O)C(C)C)[C@@H](O)[C@@H]2O)[C@@H](OC(=O)[C@H](C)CC)[C@@H]1O. The van der Waals surface area contributed by atoms with Crippen LogP contribution >= 0.6 is 0 Å². The van der Waals surface area contributed by atoms with E-state index in [1.165, 1.54) is 20.8 Å². The molecule has 5 aliphatic heterocycles. The van der Waals surface area contributed by atoms with Gasteiger partial charge in [0.2, 0.25) is 0 Å². The van der Waals surface area contributed by atoms with E-state index in [0.29, 0.717) is 12.8 Å². The number of hydrogen-bond donors (Lipinski definition) is 6. The Morgan fingerprint density at radius 3 is 1.80 bits per heavy atom. The third-order valence-corrected chi connectivity index (χ3v) is 14.1. The highest BCUT2D eigenvalue weighted by Crippen LogP contribution is 2.38. The van der Waals surface area contributed by atoms with Gasteiger partial charge in [0.15, 0.2) is 49.6 Å². The molecule has 22 atom stereocenters. The van der Waals surface area contributed by atoms with Crippen LogP contribution in [0.5, 0.6) is 0 Å². The van der Waals surface area contributed by atoms with Gasteiger partial charge in [-0.25, -0.2) is 0 Å². The van der Waals surface area contributed by atoms with Gasteiger partial charge in [-0.3, -0.25) is 14.4 Å². The molecule has 20 nitrogen and oxygen atoms in total. The van der Waals surface area contributed by atoms with E-state index in [4.69, 9.17) is 52.1 Å². The number of fused-ring (bicyclic) bond motifs is 3. The van der Waals surface area contributed by atoms with Crippen LogP contribution in [0, 0.1) is 11.8 Å². The van der Waals surface area contributed by atoms with Crippen molar-refractivity contribution in [2.75, 3.05) is 0 Å². The minimum atomic E-state index is -1.89. The van der Waals surface area contributed by atoms with Crippen molar-refractivity contribution >= 4 is 17.9 Å². The summed E-state index contributed by atoms with van der Waals surface area (Å²) in [7, 11) is 0. The molecular weight excluding hydrogens is 909 g/mol. The van der Waals surface area contributed by atoms with E-state index >= 15 is 0 Å². The molecule has 0 aromatic heterocycles. The first kappa shape index (κ1) is 57.7. The van der Waals surface area contributed by atoms with Crippen molar-refractivity contribution in [3.8, 4) is 0 Å². The summed E-state index contributed by atoms with van der Waals surface area (Å²) in [6.45, 7) is 14.9. The Morgan fingerprint density at radius 1 is 0.565 bits per heavy atom. The lowest BCUT2D eigenvalue weighted by Crippen LogP contribution is -2.67. The summed E-state index contributed by atoms with van der Waals surface area (Å²) in [6.07, 6.45) is -18.2. The summed E-state index contributed by atoms with van der Waals surface area (Å²) < 4.78 is 67.9. The van der Waals surface area contributed by atoms with Crippen LogP contribution in [0.4, 0.5) is 0 Å². The summed E-state index contributed by atoms with van der Waals surface area (Å²) in [5.74, 6) is -3.14. The van der Waals surface area contributed by atoms with Gasteiger partial charge in [0.1, 0.15) is 48.8 Å². The zero-order valence-corrected chi connectivity index (χ0v) is 42.1. The average molecular weight is 993 g/mol. The number of hydrogen-bond acceptors (Lipinski definition) is 20. The van der Waals surface area contributed by atoms with Gasteiger partial charge in [-0.05, 0) is 53.4 Å². The van der Waals surface area contributed by atoms with Crippen molar-refractivity contribution in [1.82, 2.24) is 0 Å². The number of aliphatic hydroxyl groups is 6. The third kappa shape index (κ3) is 15.2. The van der Waals surface area contributed by atoms with Crippen molar-refractivity contribution in [1.29, 1.82) is 0 Å².